The van der Waals surface area contributed by atoms with Gasteiger partial charge < -0.3 is 5.32 Å². The molecule has 2 aromatic rings. The van der Waals surface area contributed by atoms with Crippen molar-refractivity contribution in [2.75, 3.05) is 7.05 Å². The fraction of sp³-hybridized carbons (Fsp3) is 0.526. The summed E-state index contributed by atoms with van der Waals surface area (Å²) in [6.45, 7) is 6.61. The second kappa shape index (κ2) is 7.56. The van der Waals surface area contributed by atoms with Gasteiger partial charge in [0.05, 0.1) is 5.52 Å². The number of fused-ring (bicyclic) bond motifs is 1. The van der Waals surface area contributed by atoms with Crippen molar-refractivity contribution in [3.63, 3.8) is 0 Å². The summed E-state index contributed by atoms with van der Waals surface area (Å²) in [6, 6.07) is 11.4. The molecule has 2 heteroatoms. The number of unbranched alkanes of at least 4 members (excludes halogenated alkanes) is 1. The Morgan fingerprint density at radius 3 is 2.62 bits per heavy atom. The first-order valence-electron chi connectivity index (χ1n) is 8.24. The molecule has 0 aliphatic rings. The van der Waals surface area contributed by atoms with Crippen molar-refractivity contribution < 1.29 is 0 Å². The number of rotatable bonds is 7. The Bertz CT molecular complexity index is 577. The van der Waals surface area contributed by atoms with Crippen LogP contribution in [0.25, 0.3) is 10.9 Å². The lowest BCUT2D eigenvalue weighted by molar-refractivity contribution is 0.339. The van der Waals surface area contributed by atoms with E-state index < -0.39 is 0 Å². The molecule has 1 N–H and O–H groups in total. The monoisotopic (exact) mass is 284 g/mol. The Labute approximate surface area is 129 Å². The molecule has 0 spiro atoms. The molecular weight excluding hydrogens is 256 g/mol. The number of nitrogens with zero attached hydrogens (tertiary/aromatic N) is 1. The predicted octanol–water partition coefficient (Wildman–Crippen LogP) is 5.02. The van der Waals surface area contributed by atoms with Gasteiger partial charge in [-0.1, -0.05) is 45.2 Å². The molecule has 114 valence electrons. The molecule has 0 radical (unpaired) electrons. The average molecular weight is 284 g/mol. The molecule has 0 saturated carbocycles. The van der Waals surface area contributed by atoms with E-state index in [1.807, 2.05) is 6.92 Å². The molecule has 0 bridgehead atoms. The van der Waals surface area contributed by atoms with Crippen LogP contribution in [0.2, 0.25) is 0 Å². The summed E-state index contributed by atoms with van der Waals surface area (Å²) in [6.07, 6.45) is 5.09. The number of pyridine rings is 1. The molecule has 0 fully saturated rings. The van der Waals surface area contributed by atoms with Crippen LogP contribution in [0.4, 0.5) is 0 Å². The molecule has 2 rings (SSSR count). The Hall–Kier alpha value is -1.41. The molecule has 1 aromatic carbocycles. The number of hydrogen-bond donors (Lipinski definition) is 1. The number of aryl methyl sites for hydroxylation is 1. The van der Waals surface area contributed by atoms with Gasteiger partial charge in [-0.25, -0.2) is 0 Å². The fourth-order valence-electron chi connectivity index (χ4n) is 3.19. The van der Waals surface area contributed by atoms with E-state index in [2.05, 4.69) is 61.5 Å². The molecule has 2 nitrogen and oxygen atoms in total. The van der Waals surface area contributed by atoms with Crippen LogP contribution in [-0.2, 0) is 0 Å². The summed E-state index contributed by atoms with van der Waals surface area (Å²) >= 11 is 0. The van der Waals surface area contributed by atoms with E-state index >= 15 is 0 Å². The van der Waals surface area contributed by atoms with Gasteiger partial charge in [-0.05, 0) is 50.1 Å². The lowest BCUT2D eigenvalue weighted by Crippen LogP contribution is -2.25. The lowest BCUT2D eigenvalue weighted by Gasteiger charge is -2.26. The summed E-state index contributed by atoms with van der Waals surface area (Å²) in [5, 5.41) is 4.77. The van der Waals surface area contributed by atoms with E-state index in [1.165, 1.54) is 36.6 Å². The lowest BCUT2D eigenvalue weighted by atomic mass is 9.86. The normalized spacial score (nSPS) is 14.3. The van der Waals surface area contributed by atoms with E-state index in [0.717, 1.165) is 11.2 Å². The Morgan fingerprint density at radius 2 is 1.95 bits per heavy atom. The molecule has 1 aromatic heterocycles. The highest BCUT2D eigenvalue weighted by atomic mass is 14.9. The van der Waals surface area contributed by atoms with Gasteiger partial charge >= 0.3 is 0 Å². The van der Waals surface area contributed by atoms with Crippen LogP contribution in [-0.4, -0.2) is 12.0 Å². The largest absolute Gasteiger partial charge is 0.313 e. The molecule has 2 atom stereocenters. The molecule has 2 unspecified atom stereocenters. The predicted molar refractivity (Wildman–Crippen MR) is 91.6 cm³/mol. The quantitative estimate of drug-likeness (QED) is 0.772. The molecule has 1 heterocycles. The third-order valence-corrected chi connectivity index (χ3v) is 4.45. The maximum atomic E-state index is 4.60. The van der Waals surface area contributed by atoms with Gasteiger partial charge in [0.2, 0.25) is 0 Å². The van der Waals surface area contributed by atoms with E-state index in [1.54, 1.807) is 0 Å². The Balaban J connectivity index is 2.30. The van der Waals surface area contributed by atoms with Gasteiger partial charge in [-0.2, -0.15) is 0 Å². The second-order valence-corrected chi connectivity index (χ2v) is 5.98. The standard InChI is InChI=1S/C19H28N2/c1-5-7-8-15(6-2)19(20-4)17-11-12-18-16(13-17)10-9-14(3)21-18/h9-13,15,19-20H,5-8H2,1-4H3. The van der Waals surface area contributed by atoms with Crippen LogP contribution in [0.1, 0.15) is 56.8 Å². The van der Waals surface area contributed by atoms with Crippen molar-refractivity contribution >= 4 is 10.9 Å². The number of aromatic nitrogens is 1. The SMILES string of the molecule is CCCCC(CC)C(NC)c1ccc2nc(C)ccc2c1. The van der Waals surface area contributed by atoms with Crippen molar-refractivity contribution in [3.05, 3.63) is 41.6 Å². The van der Waals surface area contributed by atoms with Crippen LogP contribution in [0.15, 0.2) is 30.3 Å². The van der Waals surface area contributed by atoms with E-state index in [9.17, 15) is 0 Å². The van der Waals surface area contributed by atoms with Gasteiger partial charge in [-0.3, -0.25) is 4.98 Å². The zero-order chi connectivity index (χ0) is 15.2. The zero-order valence-electron chi connectivity index (χ0n) is 13.8. The van der Waals surface area contributed by atoms with E-state index in [0.29, 0.717) is 12.0 Å². The number of benzene rings is 1. The fourth-order valence-corrected chi connectivity index (χ4v) is 3.19. The third kappa shape index (κ3) is 3.82. The van der Waals surface area contributed by atoms with Crippen LogP contribution >= 0.6 is 0 Å². The maximum Gasteiger partial charge on any atom is 0.0705 e. The van der Waals surface area contributed by atoms with Crippen molar-refractivity contribution in [3.8, 4) is 0 Å². The minimum atomic E-state index is 0.437. The minimum Gasteiger partial charge on any atom is -0.313 e. The van der Waals surface area contributed by atoms with Crippen LogP contribution in [0.5, 0.6) is 0 Å². The molecule has 21 heavy (non-hydrogen) atoms. The highest BCUT2D eigenvalue weighted by Crippen LogP contribution is 2.30. The van der Waals surface area contributed by atoms with Gasteiger partial charge in [-0.15, -0.1) is 0 Å². The van der Waals surface area contributed by atoms with Gasteiger partial charge in [0.15, 0.2) is 0 Å². The van der Waals surface area contributed by atoms with Crippen molar-refractivity contribution in [1.82, 2.24) is 10.3 Å². The van der Waals surface area contributed by atoms with Crippen LogP contribution in [0.3, 0.4) is 0 Å². The third-order valence-electron chi connectivity index (χ3n) is 4.45. The molecule has 0 aliphatic heterocycles. The molecule has 0 aliphatic carbocycles. The second-order valence-electron chi connectivity index (χ2n) is 5.98. The summed E-state index contributed by atoms with van der Waals surface area (Å²) < 4.78 is 0. The van der Waals surface area contributed by atoms with E-state index in [-0.39, 0.29) is 0 Å². The highest BCUT2D eigenvalue weighted by Gasteiger charge is 2.20. The average Bonchev–Trinajstić information content (AvgIpc) is 2.51. The van der Waals surface area contributed by atoms with Crippen molar-refractivity contribution in [2.45, 2.75) is 52.5 Å². The summed E-state index contributed by atoms with van der Waals surface area (Å²) in [5.41, 5.74) is 3.56. The number of nitrogens with one attached hydrogen (secondary N) is 1. The van der Waals surface area contributed by atoms with Crippen LogP contribution < -0.4 is 5.32 Å². The number of hydrogen-bond acceptors (Lipinski definition) is 2. The van der Waals surface area contributed by atoms with Crippen LogP contribution in [0, 0.1) is 12.8 Å². The summed E-state index contributed by atoms with van der Waals surface area (Å²) in [7, 11) is 2.08. The summed E-state index contributed by atoms with van der Waals surface area (Å²) in [4.78, 5) is 4.60. The van der Waals surface area contributed by atoms with Crippen molar-refractivity contribution in [1.29, 1.82) is 0 Å². The first-order chi connectivity index (χ1) is 10.2. The van der Waals surface area contributed by atoms with Gasteiger partial charge in [0, 0.05) is 17.1 Å². The van der Waals surface area contributed by atoms with Gasteiger partial charge in [0.1, 0.15) is 0 Å². The topological polar surface area (TPSA) is 24.9 Å². The Kier molecular flexibility index (Phi) is 5.75. The van der Waals surface area contributed by atoms with E-state index in [4.69, 9.17) is 0 Å². The van der Waals surface area contributed by atoms with Crippen molar-refractivity contribution in [2.24, 2.45) is 5.92 Å². The van der Waals surface area contributed by atoms with Gasteiger partial charge in [0.25, 0.3) is 0 Å². The molecule has 0 amide bonds. The molecular formula is C19H28N2. The Morgan fingerprint density at radius 1 is 1.14 bits per heavy atom. The highest BCUT2D eigenvalue weighted by molar-refractivity contribution is 5.79. The maximum absolute atomic E-state index is 4.60. The minimum absolute atomic E-state index is 0.437. The smallest absolute Gasteiger partial charge is 0.0705 e. The summed E-state index contributed by atoms with van der Waals surface area (Å²) in [5.74, 6) is 0.700. The first-order valence-corrected chi connectivity index (χ1v) is 8.24. The zero-order valence-corrected chi connectivity index (χ0v) is 13.8. The molecule has 0 saturated heterocycles. The first kappa shape index (κ1) is 16.0.